The Morgan fingerprint density at radius 3 is 2.03 bits per heavy atom. The van der Waals surface area contributed by atoms with Gasteiger partial charge in [0.05, 0.1) is 15.6 Å². The Balaban J connectivity index is 1.52. The molecule has 0 saturated heterocycles. The van der Waals surface area contributed by atoms with E-state index in [1.807, 2.05) is 37.3 Å². The average molecular weight is 456 g/mol. The van der Waals surface area contributed by atoms with Gasteiger partial charge in [0.2, 0.25) is 0 Å². The summed E-state index contributed by atoms with van der Waals surface area (Å²) in [4.78, 5) is 18.6. The van der Waals surface area contributed by atoms with E-state index in [4.69, 9.17) is 4.98 Å². The molecule has 1 aromatic heterocycles. The van der Waals surface area contributed by atoms with E-state index in [0.717, 1.165) is 62.0 Å². The lowest BCUT2D eigenvalue weighted by Crippen LogP contribution is -2.21. The van der Waals surface area contributed by atoms with Crippen molar-refractivity contribution in [3.8, 4) is 21.7 Å². The SMILES string of the molecule is CCc1cccc(CC)c1NC(=O)Nc1ccc(-c2sc(C)nc2-c2ccc(C)cc2)cc1. The van der Waals surface area contributed by atoms with Crippen molar-refractivity contribution in [1.82, 2.24) is 4.98 Å². The summed E-state index contributed by atoms with van der Waals surface area (Å²) >= 11 is 1.69. The van der Waals surface area contributed by atoms with Gasteiger partial charge in [0, 0.05) is 16.9 Å². The molecule has 0 atom stereocenters. The zero-order valence-corrected chi connectivity index (χ0v) is 20.3. The van der Waals surface area contributed by atoms with Crippen molar-refractivity contribution in [2.75, 3.05) is 10.6 Å². The number of urea groups is 1. The Kier molecular flexibility index (Phi) is 6.90. The largest absolute Gasteiger partial charge is 0.323 e. The maximum absolute atomic E-state index is 12.7. The second-order valence-corrected chi connectivity index (χ2v) is 9.29. The van der Waals surface area contributed by atoms with E-state index < -0.39 is 0 Å². The molecule has 0 aliphatic heterocycles. The molecule has 2 amide bonds. The zero-order chi connectivity index (χ0) is 23.4. The van der Waals surface area contributed by atoms with Gasteiger partial charge in [0.25, 0.3) is 0 Å². The topological polar surface area (TPSA) is 54.0 Å². The van der Waals surface area contributed by atoms with Gasteiger partial charge >= 0.3 is 6.03 Å². The summed E-state index contributed by atoms with van der Waals surface area (Å²) < 4.78 is 0. The standard InChI is InChI=1S/C28H29N3OS/c1-5-20-8-7-9-21(6-2)25(20)31-28(32)30-24-16-14-23(15-17-24)27-26(29-19(4)33-27)22-12-10-18(3)11-13-22/h7-17H,5-6H2,1-4H3,(H2,30,31,32). The lowest BCUT2D eigenvalue weighted by molar-refractivity contribution is 0.262. The highest BCUT2D eigenvalue weighted by atomic mass is 32.1. The van der Waals surface area contributed by atoms with Gasteiger partial charge in [0.15, 0.2) is 0 Å². The summed E-state index contributed by atoms with van der Waals surface area (Å²) in [5.41, 5.74) is 8.39. The first-order chi connectivity index (χ1) is 16.0. The van der Waals surface area contributed by atoms with Crippen LogP contribution in [0.2, 0.25) is 0 Å². The molecule has 0 spiro atoms. The molecule has 0 saturated carbocycles. The first kappa shape index (κ1) is 22.7. The van der Waals surface area contributed by atoms with Gasteiger partial charge in [0.1, 0.15) is 0 Å². The molecule has 4 aromatic rings. The van der Waals surface area contributed by atoms with Crippen LogP contribution in [-0.4, -0.2) is 11.0 Å². The van der Waals surface area contributed by atoms with Crippen molar-refractivity contribution in [2.24, 2.45) is 0 Å². The van der Waals surface area contributed by atoms with Crippen LogP contribution in [0.4, 0.5) is 16.2 Å². The number of amides is 2. The van der Waals surface area contributed by atoms with Crippen LogP contribution in [0.5, 0.6) is 0 Å². The summed E-state index contributed by atoms with van der Waals surface area (Å²) in [6, 6.07) is 22.4. The van der Waals surface area contributed by atoms with E-state index in [-0.39, 0.29) is 6.03 Å². The van der Waals surface area contributed by atoms with Gasteiger partial charge < -0.3 is 10.6 Å². The quantitative estimate of drug-likeness (QED) is 0.311. The van der Waals surface area contributed by atoms with E-state index in [1.54, 1.807) is 11.3 Å². The van der Waals surface area contributed by atoms with Crippen molar-refractivity contribution in [3.05, 3.63) is 88.4 Å². The maximum Gasteiger partial charge on any atom is 0.323 e. The zero-order valence-electron chi connectivity index (χ0n) is 19.5. The Morgan fingerprint density at radius 2 is 1.42 bits per heavy atom. The third-order valence-electron chi connectivity index (χ3n) is 5.70. The molecule has 2 N–H and O–H groups in total. The number of nitrogens with zero attached hydrogens (tertiary/aromatic N) is 1. The Bertz CT molecular complexity index is 1240. The second kappa shape index (κ2) is 10.0. The minimum absolute atomic E-state index is 0.229. The van der Waals surface area contributed by atoms with Gasteiger partial charge in [-0.15, -0.1) is 11.3 Å². The molecule has 0 unspecified atom stereocenters. The van der Waals surface area contributed by atoms with Crippen LogP contribution >= 0.6 is 11.3 Å². The number of para-hydroxylation sites is 1. The number of carbonyl (C=O) groups excluding carboxylic acids is 1. The van der Waals surface area contributed by atoms with E-state index in [0.29, 0.717) is 0 Å². The maximum atomic E-state index is 12.7. The molecule has 4 nitrogen and oxygen atoms in total. The molecule has 168 valence electrons. The first-order valence-electron chi connectivity index (χ1n) is 11.3. The van der Waals surface area contributed by atoms with E-state index in [9.17, 15) is 4.79 Å². The van der Waals surface area contributed by atoms with Crippen molar-refractivity contribution >= 4 is 28.7 Å². The van der Waals surface area contributed by atoms with Crippen molar-refractivity contribution in [2.45, 2.75) is 40.5 Å². The number of aryl methyl sites for hydroxylation is 4. The molecule has 0 radical (unpaired) electrons. The third kappa shape index (κ3) is 5.15. The molecule has 5 heteroatoms. The number of carbonyl (C=O) groups is 1. The molecule has 0 aliphatic carbocycles. The van der Waals surface area contributed by atoms with E-state index in [2.05, 4.69) is 67.8 Å². The molecule has 33 heavy (non-hydrogen) atoms. The van der Waals surface area contributed by atoms with Crippen LogP contribution in [0, 0.1) is 13.8 Å². The van der Waals surface area contributed by atoms with Crippen LogP contribution in [0.15, 0.2) is 66.7 Å². The van der Waals surface area contributed by atoms with E-state index in [1.165, 1.54) is 5.56 Å². The van der Waals surface area contributed by atoms with Gasteiger partial charge in [-0.3, -0.25) is 0 Å². The molecular weight excluding hydrogens is 426 g/mol. The summed E-state index contributed by atoms with van der Waals surface area (Å²) in [5, 5.41) is 7.05. The second-order valence-electron chi connectivity index (χ2n) is 8.09. The number of hydrogen-bond acceptors (Lipinski definition) is 3. The van der Waals surface area contributed by atoms with Gasteiger partial charge in [-0.2, -0.15) is 0 Å². The fourth-order valence-electron chi connectivity index (χ4n) is 3.91. The van der Waals surface area contributed by atoms with E-state index >= 15 is 0 Å². The van der Waals surface area contributed by atoms with Crippen LogP contribution in [0.25, 0.3) is 21.7 Å². The highest BCUT2D eigenvalue weighted by Crippen LogP contribution is 2.37. The van der Waals surface area contributed by atoms with Crippen molar-refractivity contribution in [1.29, 1.82) is 0 Å². The highest BCUT2D eigenvalue weighted by Gasteiger charge is 2.14. The Morgan fingerprint density at radius 1 is 0.818 bits per heavy atom. The van der Waals surface area contributed by atoms with Crippen molar-refractivity contribution in [3.63, 3.8) is 0 Å². The minimum atomic E-state index is -0.229. The fourth-order valence-corrected chi connectivity index (χ4v) is 4.86. The summed E-state index contributed by atoms with van der Waals surface area (Å²) in [6.45, 7) is 8.32. The predicted octanol–water partition coefficient (Wildman–Crippen LogP) is 7.86. The number of rotatable bonds is 6. The highest BCUT2D eigenvalue weighted by molar-refractivity contribution is 7.15. The van der Waals surface area contributed by atoms with Crippen LogP contribution in [-0.2, 0) is 12.8 Å². The third-order valence-corrected chi connectivity index (χ3v) is 6.72. The number of thiazole rings is 1. The summed E-state index contributed by atoms with van der Waals surface area (Å²) in [6.07, 6.45) is 1.74. The number of anilines is 2. The van der Waals surface area contributed by atoms with Crippen LogP contribution in [0.1, 0.15) is 35.5 Å². The van der Waals surface area contributed by atoms with Gasteiger partial charge in [-0.25, -0.2) is 9.78 Å². The normalized spacial score (nSPS) is 10.8. The molecule has 0 fully saturated rings. The van der Waals surface area contributed by atoms with Crippen LogP contribution < -0.4 is 10.6 Å². The number of hydrogen-bond donors (Lipinski definition) is 2. The van der Waals surface area contributed by atoms with Crippen molar-refractivity contribution < 1.29 is 4.79 Å². The molecule has 0 aliphatic rings. The number of benzene rings is 3. The smallest absolute Gasteiger partial charge is 0.308 e. The number of nitrogens with one attached hydrogen (secondary N) is 2. The minimum Gasteiger partial charge on any atom is -0.308 e. The molecule has 0 bridgehead atoms. The summed E-state index contributed by atoms with van der Waals surface area (Å²) in [7, 11) is 0. The van der Waals surface area contributed by atoms with Gasteiger partial charge in [-0.05, 0) is 55.5 Å². The Labute approximate surface area is 199 Å². The summed E-state index contributed by atoms with van der Waals surface area (Å²) in [5.74, 6) is 0. The lowest BCUT2D eigenvalue weighted by Gasteiger charge is -2.15. The van der Waals surface area contributed by atoms with Crippen LogP contribution in [0.3, 0.4) is 0 Å². The average Bonchev–Trinajstić information content (AvgIpc) is 3.21. The molecule has 1 heterocycles. The fraction of sp³-hybridized carbons (Fsp3) is 0.214. The molecule has 3 aromatic carbocycles. The predicted molar refractivity (Wildman–Crippen MR) is 140 cm³/mol. The molecular formula is C28H29N3OS. The molecule has 4 rings (SSSR count). The van der Waals surface area contributed by atoms with Gasteiger partial charge in [-0.1, -0.05) is 74.0 Å². The monoisotopic (exact) mass is 455 g/mol. The lowest BCUT2D eigenvalue weighted by atomic mass is 10.0. The Hall–Kier alpha value is -3.44. The number of aromatic nitrogens is 1. The first-order valence-corrected chi connectivity index (χ1v) is 12.1.